The van der Waals surface area contributed by atoms with Crippen LogP contribution >= 0.6 is 15.9 Å². The maximum atomic E-state index is 12.1. The van der Waals surface area contributed by atoms with Crippen molar-refractivity contribution in [3.8, 4) is 5.75 Å². The van der Waals surface area contributed by atoms with Crippen LogP contribution < -0.4 is 10.1 Å². The summed E-state index contributed by atoms with van der Waals surface area (Å²) >= 11 is 3.32. The van der Waals surface area contributed by atoms with Crippen molar-refractivity contribution in [3.63, 3.8) is 0 Å². The Hall–Kier alpha value is -0.790. The number of halogens is 4. The first kappa shape index (κ1) is 15.3. The van der Waals surface area contributed by atoms with Crippen LogP contribution in [-0.2, 0) is 6.54 Å². The van der Waals surface area contributed by atoms with Gasteiger partial charge in [0.2, 0.25) is 0 Å². The molecule has 1 rings (SSSR count). The van der Waals surface area contributed by atoms with E-state index in [2.05, 4.69) is 21.2 Å². The molecule has 0 amide bonds. The first-order valence-electron chi connectivity index (χ1n) is 5.15. The summed E-state index contributed by atoms with van der Waals surface area (Å²) in [4.78, 5) is 0. The van der Waals surface area contributed by atoms with Crippen molar-refractivity contribution in [2.75, 3.05) is 13.7 Å². The summed E-state index contributed by atoms with van der Waals surface area (Å²) < 4.78 is 42.0. The molecule has 0 saturated heterocycles. The van der Waals surface area contributed by atoms with E-state index in [4.69, 9.17) is 9.84 Å². The molecule has 3 nitrogen and oxygen atoms in total. The molecule has 0 radical (unpaired) electrons. The Bertz CT molecular complexity index is 398. The maximum absolute atomic E-state index is 12.1. The zero-order valence-electron chi connectivity index (χ0n) is 9.59. The highest BCUT2D eigenvalue weighted by Gasteiger charge is 2.38. The van der Waals surface area contributed by atoms with E-state index < -0.39 is 18.9 Å². The predicted molar refractivity (Wildman–Crippen MR) is 64.5 cm³/mol. The lowest BCUT2D eigenvalue weighted by atomic mass is 10.2. The second kappa shape index (κ2) is 6.40. The number of rotatable bonds is 5. The molecule has 102 valence electrons. The number of hydrogen-bond acceptors (Lipinski definition) is 3. The standard InChI is InChI=1S/C11H13BrF3NO2/c1-16-5-7-4-8(2-3-9(7)12)18-6-10(17)11(13,14)15/h2-4,10,16-17H,5-6H2,1H3. The van der Waals surface area contributed by atoms with Crippen LogP contribution in [0.2, 0.25) is 0 Å². The highest BCUT2D eigenvalue weighted by atomic mass is 79.9. The van der Waals surface area contributed by atoms with Crippen molar-refractivity contribution < 1.29 is 23.0 Å². The molecule has 0 fully saturated rings. The average molecular weight is 328 g/mol. The summed E-state index contributed by atoms with van der Waals surface area (Å²) in [5, 5.41) is 11.7. The molecule has 1 aromatic rings. The van der Waals surface area contributed by atoms with Crippen LogP contribution in [0.3, 0.4) is 0 Å². The first-order valence-corrected chi connectivity index (χ1v) is 5.94. The van der Waals surface area contributed by atoms with Crippen molar-refractivity contribution in [2.45, 2.75) is 18.8 Å². The number of hydrogen-bond donors (Lipinski definition) is 2. The molecule has 1 atom stereocenters. The minimum Gasteiger partial charge on any atom is -0.491 e. The molecule has 0 aliphatic heterocycles. The average Bonchev–Trinajstić information content (AvgIpc) is 2.28. The van der Waals surface area contributed by atoms with Gasteiger partial charge in [-0.1, -0.05) is 15.9 Å². The zero-order valence-corrected chi connectivity index (χ0v) is 11.2. The third kappa shape index (κ3) is 4.47. The van der Waals surface area contributed by atoms with Gasteiger partial charge in [-0.15, -0.1) is 0 Å². The number of benzene rings is 1. The highest BCUT2D eigenvalue weighted by Crippen LogP contribution is 2.24. The van der Waals surface area contributed by atoms with Crippen molar-refractivity contribution in [3.05, 3.63) is 28.2 Å². The van der Waals surface area contributed by atoms with Gasteiger partial charge in [0.15, 0.2) is 6.10 Å². The number of aliphatic hydroxyl groups excluding tert-OH is 1. The predicted octanol–water partition coefficient (Wildman–Crippen LogP) is 2.47. The smallest absolute Gasteiger partial charge is 0.417 e. The third-order valence-corrected chi connectivity index (χ3v) is 2.94. The van der Waals surface area contributed by atoms with Crippen LogP contribution in [0.5, 0.6) is 5.75 Å². The van der Waals surface area contributed by atoms with Crippen LogP contribution in [0.4, 0.5) is 13.2 Å². The second-order valence-corrected chi connectivity index (χ2v) is 4.51. The molecular formula is C11H13BrF3NO2. The summed E-state index contributed by atoms with van der Waals surface area (Å²) in [7, 11) is 1.76. The van der Waals surface area contributed by atoms with Crippen LogP contribution in [0, 0.1) is 0 Å². The lowest BCUT2D eigenvalue weighted by Gasteiger charge is -2.16. The van der Waals surface area contributed by atoms with Gasteiger partial charge >= 0.3 is 6.18 Å². The Morgan fingerprint density at radius 1 is 1.44 bits per heavy atom. The molecule has 0 aromatic heterocycles. The quantitative estimate of drug-likeness (QED) is 0.873. The van der Waals surface area contributed by atoms with E-state index in [9.17, 15) is 13.2 Å². The van der Waals surface area contributed by atoms with Gasteiger partial charge in [0.1, 0.15) is 12.4 Å². The fourth-order valence-electron chi connectivity index (χ4n) is 1.24. The van der Waals surface area contributed by atoms with Gasteiger partial charge < -0.3 is 15.2 Å². The Labute approximate surface area is 111 Å². The van der Waals surface area contributed by atoms with Crippen molar-refractivity contribution >= 4 is 15.9 Å². The van der Waals surface area contributed by atoms with Crippen LogP contribution in [0.15, 0.2) is 22.7 Å². The molecule has 1 aromatic carbocycles. The van der Waals surface area contributed by atoms with Gasteiger partial charge in [-0.25, -0.2) is 0 Å². The van der Waals surface area contributed by atoms with E-state index in [0.717, 1.165) is 10.0 Å². The molecule has 2 N–H and O–H groups in total. The van der Waals surface area contributed by atoms with E-state index in [0.29, 0.717) is 6.54 Å². The zero-order chi connectivity index (χ0) is 13.8. The third-order valence-electron chi connectivity index (χ3n) is 2.17. The summed E-state index contributed by atoms with van der Waals surface area (Å²) in [6, 6.07) is 4.83. The summed E-state index contributed by atoms with van der Waals surface area (Å²) in [5.41, 5.74) is 0.858. The minimum absolute atomic E-state index is 0.284. The Morgan fingerprint density at radius 3 is 2.67 bits per heavy atom. The number of aliphatic hydroxyl groups is 1. The molecule has 0 spiro atoms. The largest absolute Gasteiger partial charge is 0.491 e. The van der Waals surface area contributed by atoms with E-state index >= 15 is 0 Å². The molecule has 1 unspecified atom stereocenters. The monoisotopic (exact) mass is 327 g/mol. The van der Waals surface area contributed by atoms with Gasteiger partial charge in [0.25, 0.3) is 0 Å². The summed E-state index contributed by atoms with van der Waals surface area (Å²) in [5.74, 6) is 0.284. The molecule has 0 saturated carbocycles. The van der Waals surface area contributed by atoms with Gasteiger partial charge in [-0.2, -0.15) is 13.2 Å². The van der Waals surface area contributed by atoms with Crippen LogP contribution in [0.25, 0.3) is 0 Å². The van der Waals surface area contributed by atoms with Gasteiger partial charge in [-0.05, 0) is 30.8 Å². The van der Waals surface area contributed by atoms with Crippen molar-refractivity contribution in [1.82, 2.24) is 5.32 Å². The van der Waals surface area contributed by atoms with Gasteiger partial charge in [0.05, 0.1) is 0 Å². The Morgan fingerprint density at radius 2 is 2.11 bits per heavy atom. The van der Waals surface area contributed by atoms with Crippen LogP contribution in [-0.4, -0.2) is 31.0 Å². The fourth-order valence-corrected chi connectivity index (χ4v) is 1.62. The minimum atomic E-state index is -4.66. The topological polar surface area (TPSA) is 41.5 Å². The molecule has 0 aliphatic rings. The molecule has 18 heavy (non-hydrogen) atoms. The number of alkyl halides is 3. The number of ether oxygens (including phenoxy) is 1. The van der Waals surface area contributed by atoms with Crippen molar-refractivity contribution in [2.24, 2.45) is 0 Å². The number of nitrogens with one attached hydrogen (secondary N) is 1. The lowest BCUT2D eigenvalue weighted by molar-refractivity contribution is -0.210. The summed E-state index contributed by atoms with van der Waals surface area (Å²) in [6.07, 6.45) is -7.14. The Balaban J connectivity index is 2.65. The second-order valence-electron chi connectivity index (χ2n) is 3.65. The van der Waals surface area contributed by atoms with Crippen molar-refractivity contribution in [1.29, 1.82) is 0 Å². The van der Waals surface area contributed by atoms with E-state index in [1.165, 1.54) is 6.07 Å². The van der Waals surface area contributed by atoms with Gasteiger partial charge in [0, 0.05) is 11.0 Å². The van der Waals surface area contributed by atoms with Gasteiger partial charge in [-0.3, -0.25) is 0 Å². The molecule has 7 heteroatoms. The lowest BCUT2D eigenvalue weighted by Crippen LogP contribution is -2.34. The van der Waals surface area contributed by atoms with E-state index in [1.54, 1.807) is 19.2 Å². The molecule has 0 bridgehead atoms. The van der Waals surface area contributed by atoms with Crippen LogP contribution in [0.1, 0.15) is 5.56 Å². The maximum Gasteiger partial charge on any atom is 0.417 e. The molecular weight excluding hydrogens is 315 g/mol. The normalized spacial score (nSPS) is 13.4. The molecule has 0 heterocycles. The molecule has 0 aliphatic carbocycles. The van der Waals surface area contributed by atoms with E-state index in [1.807, 2.05) is 0 Å². The van der Waals surface area contributed by atoms with E-state index in [-0.39, 0.29) is 5.75 Å². The highest BCUT2D eigenvalue weighted by molar-refractivity contribution is 9.10. The SMILES string of the molecule is CNCc1cc(OCC(O)C(F)(F)F)ccc1Br. The summed E-state index contributed by atoms with van der Waals surface area (Å²) in [6.45, 7) is -0.260. The first-order chi connectivity index (χ1) is 8.34. The fraction of sp³-hybridized carbons (Fsp3) is 0.455. The Kier molecular flexibility index (Phi) is 5.43.